The number of nitriles is 1. The van der Waals surface area contributed by atoms with E-state index in [0.29, 0.717) is 12.0 Å². The molecule has 0 radical (unpaired) electrons. The molecule has 2 aromatic rings. The second-order valence-electron chi connectivity index (χ2n) is 4.77. The van der Waals surface area contributed by atoms with E-state index in [9.17, 15) is 4.79 Å². The molecule has 100 valence electrons. The van der Waals surface area contributed by atoms with Crippen LogP contribution in [0.25, 0.3) is 11.1 Å². The van der Waals surface area contributed by atoms with Crippen molar-refractivity contribution >= 4 is 5.91 Å². The molecule has 0 saturated carbocycles. The molecule has 0 heterocycles. The van der Waals surface area contributed by atoms with Crippen LogP contribution < -0.4 is 0 Å². The zero-order valence-corrected chi connectivity index (χ0v) is 11.6. The van der Waals surface area contributed by atoms with Crippen molar-refractivity contribution in [3.8, 4) is 17.2 Å². The van der Waals surface area contributed by atoms with Crippen LogP contribution in [-0.4, -0.2) is 24.9 Å². The highest BCUT2D eigenvalue weighted by Gasteiger charge is 2.12. The molecule has 0 saturated heterocycles. The van der Waals surface area contributed by atoms with Gasteiger partial charge >= 0.3 is 0 Å². The molecular formula is C17H16N2O. The first-order valence-electron chi connectivity index (χ1n) is 6.40. The van der Waals surface area contributed by atoms with Crippen molar-refractivity contribution in [2.24, 2.45) is 0 Å². The molecule has 0 unspecified atom stereocenters. The summed E-state index contributed by atoms with van der Waals surface area (Å²) in [6.07, 6.45) is 0.290. The molecule has 0 spiro atoms. The third kappa shape index (κ3) is 2.86. The van der Waals surface area contributed by atoms with Gasteiger partial charge in [-0.15, -0.1) is 0 Å². The quantitative estimate of drug-likeness (QED) is 0.855. The highest BCUT2D eigenvalue weighted by molar-refractivity contribution is 5.94. The molecule has 0 fully saturated rings. The summed E-state index contributed by atoms with van der Waals surface area (Å²) in [5.74, 6) is -0.0520. The molecule has 3 nitrogen and oxygen atoms in total. The highest BCUT2D eigenvalue weighted by atomic mass is 16.2. The lowest BCUT2D eigenvalue weighted by molar-refractivity contribution is 0.0827. The SMILES string of the molecule is CN(C)C(=O)c1ccc(-c2ccccc2)c(CC#N)c1. The van der Waals surface area contributed by atoms with Crippen LogP contribution >= 0.6 is 0 Å². The zero-order chi connectivity index (χ0) is 14.5. The Balaban J connectivity index is 2.50. The van der Waals surface area contributed by atoms with Crippen LogP contribution in [0.2, 0.25) is 0 Å². The number of carbonyl (C=O) groups excluding carboxylic acids is 1. The van der Waals surface area contributed by atoms with Gasteiger partial charge in [0.1, 0.15) is 0 Å². The van der Waals surface area contributed by atoms with Gasteiger partial charge in [-0.1, -0.05) is 36.4 Å². The number of hydrogen-bond acceptors (Lipinski definition) is 2. The molecule has 0 N–H and O–H groups in total. The van der Waals surface area contributed by atoms with Crippen molar-refractivity contribution in [3.63, 3.8) is 0 Å². The van der Waals surface area contributed by atoms with Crippen LogP contribution in [0.5, 0.6) is 0 Å². The van der Waals surface area contributed by atoms with Gasteiger partial charge < -0.3 is 4.90 Å². The molecule has 0 aliphatic rings. The number of carbonyl (C=O) groups is 1. The Kier molecular flexibility index (Phi) is 4.17. The van der Waals surface area contributed by atoms with Crippen LogP contribution in [0.15, 0.2) is 48.5 Å². The molecule has 0 aliphatic carbocycles. The normalized spacial score (nSPS) is 9.85. The van der Waals surface area contributed by atoms with E-state index in [1.807, 2.05) is 48.5 Å². The van der Waals surface area contributed by atoms with Gasteiger partial charge in [0.2, 0.25) is 0 Å². The number of nitrogens with zero attached hydrogens (tertiary/aromatic N) is 2. The summed E-state index contributed by atoms with van der Waals surface area (Å²) in [5, 5.41) is 8.98. The minimum atomic E-state index is -0.0520. The maximum Gasteiger partial charge on any atom is 0.253 e. The lowest BCUT2D eigenvalue weighted by atomic mass is 9.95. The molecule has 2 aromatic carbocycles. The van der Waals surface area contributed by atoms with Gasteiger partial charge in [0.05, 0.1) is 12.5 Å². The second kappa shape index (κ2) is 6.03. The van der Waals surface area contributed by atoms with Crippen molar-refractivity contribution < 1.29 is 4.79 Å². The molecule has 0 aliphatic heterocycles. The van der Waals surface area contributed by atoms with Gasteiger partial charge in [-0.25, -0.2) is 0 Å². The van der Waals surface area contributed by atoms with Crippen molar-refractivity contribution in [3.05, 3.63) is 59.7 Å². The molecule has 0 atom stereocenters. The van der Waals surface area contributed by atoms with E-state index in [2.05, 4.69) is 6.07 Å². The van der Waals surface area contributed by atoms with Gasteiger partial charge in [-0.3, -0.25) is 4.79 Å². The summed E-state index contributed by atoms with van der Waals surface area (Å²) in [6, 6.07) is 17.6. The molecule has 1 amide bonds. The Morgan fingerprint density at radius 1 is 1.15 bits per heavy atom. The van der Waals surface area contributed by atoms with Gasteiger partial charge in [-0.05, 0) is 28.8 Å². The topological polar surface area (TPSA) is 44.1 Å². The molecule has 2 rings (SSSR count). The Hall–Kier alpha value is -2.60. The third-order valence-electron chi connectivity index (χ3n) is 3.11. The van der Waals surface area contributed by atoms with Gasteiger partial charge in [0.15, 0.2) is 0 Å². The minimum absolute atomic E-state index is 0.0520. The monoisotopic (exact) mass is 264 g/mol. The average molecular weight is 264 g/mol. The summed E-state index contributed by atoms with van der Waals surface area (Å²) in [4.78, 5) is 13.5. The van der Waals surface area contributed by atoms with E-state index in [4.69, 9.17) is 5.26 Å². The maximum atomic E-state index is 12.0. The Morgan fingerprint density at radius 2 is 1.85 bits per heavy atom. The first kappa shape index (κ1) is 13.8. The summed E-state index contributed by atoms with van der Waals surface area (Å²) in [7, 11) is 3.44. The molecular weight excluding hydrogens is 248 g/mol. The standard InChI is InChI=1S/C17H16N2O/c1-19(2)17(20)15-8-9-16(14(12-15)10-11-18)13-6-4-3-5-7-13/h3-9,12H,10H2,1-2H3. The van der Waals surface area contributed by atoms with Crippen molar-refractivity contribution in [2.75, 3.05) is 14.1 Å². The predicted octanol–water partition coefficient (Wildman–Crippen LogP) is 3.12. The molecule has 3 heteroatoms. The summed E-state index contributed by atoms with van der Waals surface area (Å²) < 4.78 is 0. The summed E-state index contributed by atoms with van der Waals surface area (Å²) >= 11 is 0. The van der Waals surface area contributed by atoms with E-state index in [1.165, 1.54) is 4.90 Å². The van der Waals surface area contributed by atoms with Crippen LogP contribution in [0.3, 0.4) is 0 Å². The van der Waals surface area contributed by atoms with Gasteiger partial charge in [0.25, 0.3) is 5.91 Å². The van der Waals surface area contributed by atoms with Crippen molar-refractivity contribution in [1.82, 2.24) is 4.90 Å². The molecule has 0 aromatic heterocycles. The Bertz CT molecular complexity index is 654. The minimum Gasteiger partial charge on any atom is -0.345 e. The fourth-order valence-corrected chi connectivity index (χ4v) is 2.12. The first-order chi connectivity index (χ1) is 9.63. The van der Waals surface area contributed by atoms with E-state index >= 15 is 0 Å². The van der Waals surface area contributed by atoms with E-state index in [-0.39, 0.29) is 5.91 Å². The largest absolute Gasteiger partial charge is 0.345 e. The molecule has 20 heavy (non-hydrogen) atoms. The van der Waals surface area contributed by atoms with Crippen molar-refractivity contribution in [2.45, 2.75) is 6.42 Å². The van der Waals surface area contributed by atoms with Crippen LogP contribution in [0.4, 0.5) is 0 Å². The van der Waals surface area contributed by atoms with Crippen LogP contribution in [-0.2, 0) is 6.42 Å². The average Bonchev–Trinajstić information content (AvgIpc) is 2.47. The van der Waals surface area contributed by atoms with E-state index in [0.717, 1.165) is 16.7 Å². The fraction of sp³-hybridized carbons (Fsp3) is 0.176. The number of amides is 1. The van der Waals surface area contributed by atoms with Crippen LogP contribution in [0, 0.1) is 11.3 Å². The first-order valence-corrected chi connectivity index (χ1v) is 6.40. The predicted molar refractivity (Wildman–Crippen MR) is 79.2 cm³/mol. The Morgan fingerprint density at radius 3 is 2.45 bits per heavy atom. The van der Waals surface area contributed by atoms with Crippen molar-refractivity contribution in [1.29, 1.82) is 5.26 Å². The second-order valence-corrected chi connectivity index (χ2v) is 4.77. The van der Waals surface area contributed by atoms with Gasteiger partial charge in [0, 0.05) is 19.7 Å². The number of hydrogen-bond donors (Lipinski definition) is 0. The molecule has 0 bridgehead atoms. The Labute approximate surface area is 119 Å². The summed E-state index contributed by atoms with van der Waals surface area (Å²) in [6.45, 7) is 0. The van der Waals surface area contributed by atoms with Gasteiger partial charge in [-0.2, -0.15) is 5.26 Å². The van der Waals surface area contributed by atoms with E-state index < -0.39 is 0 Å². The maximum absolute atomic E-state index is 12.0. The van der Waals surface area contributed by atoms with Crippen LogP contribution in [0.1, 0.15) is 15.9 Å². The number of rotatable bonds is 3. The summed E-state index contributed by atoms with van der Waals surface area (Å²) in [5.41, 5.74) is 3.55. The lowest BCUT2D eigenvalue weighted by Crippen LogP contribution is -2.21. The third-order valence-corrected chi connectivity index (χ3v) is 3.11. The van der Waals surface area contributed by atoms with E-state index in [1.54, 1.807) is 14.1 Å². The number of benzene rings is 2. The fourth-order valence-electron chi connectivity index (χ4n) is 2.12. The highest BCUT2D eigenvalue weighted by Crippen LogP contribution is 2.25. The lowest BCUT2D eigenvalue weighted by Gasteiger charge is -2.13. The smallest absolute Gasteiger partial charge is 0.253 e. The zero-order valence-electron chi connectivity index (χ0n) is 11.6.